The lowest BCUT2D eigenvalue weighted by Crippen LogP contribution is -1.87. The minimum absolute atomic E-state index is 0.207. The van der Waals surface area contributed by atoms with Gasteiger partial charge in [0.2, 0.25) is 0 Å². The van der Waals surface area contributed by atoms with Crippen LogP contribution < -0.4 is 0 Å². The highest BCUT2D eigenvalue weighted by Crippen LogP contribution is 2.18. The summed E-state index contributed by atoms with van der Waals surface area (Å²) in [5.74, 6) is 0.280. The van der Waals surface area contributed by atoms with Crippen LogP contribution in [0.3, 0.4) is 0 Å². The van der Waals surface area contributed by atoms with E-state index in [-0.39, 0.29) is 5.82 Å². The molecule has 0 saturated carbocycles. The zero-order valence-corrected chi connectivity index (χ0v) is 9.48. The van der Waals surface area contributed by atoms with Crippen molar-refractivity contribution in [1.29, 1.82) is 0 Å². The molecular weight excluding hydrogens is 233 g/mol. The predicted molar refractivity (Wildman–Crippen MR) is 60.9 cm³/mol. The number of benzene rings is 1. The van der Waals surface area contributed by atoms with Gasteiger partial charge < -0.3 is 0 Å². The molecule has 0 radical (unpaired) electrons. The highest BCUT2D eigenvalue weighted by Gasteiger charge is 2.03. The van der Waals surface area contributed by atoms with Crippen LogP contribution in [0.2, 0.25) is 0 Å². The maximum absolute atomic E-state index is 12.9. The first-order chi connectivity index (χ1) is 7.28. The first-order valence-electron chi connectivity index (χ1n) is 4.52. The van der Waals surface area contributed by atoms with E-state index >= 15 is 0 Å². The minimum Gasteiger partial charge on any atom is -0.249 e. The second-order valence-electron chi connectivity index (χ2n) is 3.16. The highest BCUT2D eigenvalue weighted by molar-refractivity contribution is 7.11. The smallest absolute Gasteiger partial charge is 0.123 e. The lowest BCUT2D eigenvalue weighted by Gasteiger charge is -1.97. The molecule has 0 bridgehead atoms. The molecule has 0 saturated heterocycles. The summed E-state index contributed by atoms with van der Waals surface area (Å²) in [7, 11) is 0. The van der Waals surface area contributed by atoms with E-state index in [1.807, 2.05) is 6.07 Å². The summed E-state index contributed by atoms with van der Waals surface area (Å²) in [5.41, 5.74) is 0.936. The molecule has 1 aromatic carbocycles. The molecule has 1 nitrogen and oxygen atoms in total. The van der Waals surface area contributed by atoms with Gasteiger partial charge in [-0.25, -0.2) is 9.37 Å². The number of nitrogens with zero attached hydrogens (tertiary/aromatic N) is 1. The first kappa shape index (κ1) is 10.6. The summed E-state index contributed by atoms with van der Waals surface area (Å²) < 4.78 is 12.9. The van der Waals surface area contributed by atoms with Crippen LogP contribution in [-0.2, 0) is 12.3 Å². The summed E-state index contributed by atoms with van der Waals surface area (Å²) in [4.78, 5) is 5.27. The third-order valence-electron chi connectivity index (χ3n) is 1.98. The van der Waals surface area contributed by atoms with Crippen molar-refractivity contribution in [3.05, 3.63) is 51.7 Å². The monoisotopic (exact) mass is 241 g/mol. The van der Waals surface area contributed by atoms with Gasteiger partial charge in [-0.15, -0.1) is 22.9 Å². The number of hydrogen-bond donors (Lipinski definition) is 0. The van der Waals surface area contributed by atoms with Crippen LogP contribution >= 0.6 is 22.9 Å². The molecule has 2 rings (SSSR count). The summed E-state index contributed by atoms with van der Waals surface area (Å²) in [6.07, 6.45) is 2.44. The van der Waals surface area contributed by atoms with Gasteiger partial charge >= 0.3 is 0 Å². The zero-order chi connectivity index (χ0) is 10.7. The fourth-order valence-electron chi connectivity index (χ4n) is 1.31. The van der Waals surface area contributed by atoms with E-state index < -0.39 is 0 Å². The number of halogens is 2. The van der Waals surface area contributed by atoms with Crippen LogP contribution in [0.4, 0.5) is 4.39 Å². The van der Waals surface area contributed by atoms with Crippen LogP contribution in [0.5, 0.6) is 0 Å². The predicted octanol–water partition coefficient (Wildman–Crippen LogP) is 3.61. The molecule has 0 aliphatic heterocycles. The molecule has 0 unspecified atom stereocenters. The number of alkyl halides is 1. The lowest BCUT2D eigenvalue weighted by molar-refractivity contribution is 0.626. The number of rotatable bonds is 3. The molecule has 0 spiro atoms. The van der Waals surface area contributed by atoms with E-state index in [1.54, 1.807) is 23.6 Å². The van der Waals surface area contributed by atoms with Crippen LogP contribution in [0, 0.1) is 5.82 Å². The average molecular weight is 242 g/mol. The van der Waals surface area contributed by atoms with E-state index in [4.69, 9.17) is 11.6 Å². The molecule has 0 N–H and O–H groups in total. The van der Waals surface area contributed by atoms with Crippen molar-refractivity contribution in [1.82, 2.24) is 4.98 Å². The molecule has 0 amide bonds. The van der Waals surface area contributed by atoms with Crippen molar-refractivity contribution in [3.8, 4) is 0 Å². The topological polar surface area (TPSA) is 12.9 Å². The normalized spacial score (nSPS) is 10.5. The molecule has 0 aliphatic rings. The van der Waals surface area contributed by atoms with Crippen molar-refractivity contribution in [2.24, 2.45) is 0 Å². The van der Waals surface area contributed by atoms with Crippen LogP contribution in [0.15, 0.2) is 30.5 Å². The Bertz CT molecular complexity index is 455. The Labute approximate surface area is 96.5 Å². The van der Waals surface area contributed by atoms with E-state index in [1.165, 1.54) is 12.1 Å². The molecule has 2 aromatic rings. The molecule has 0 aliphatic carbocycles. The van der Waals surface area contributed by atoms with Gasteiger partial charge in [0, 0.05) is 17.5 Å². The summed E-state index contributed by atoms with van der Waals surface area (Å²) in [6, 6.07) is 6.57. The molecular formula is C11H9ClFNS. The summed E-state index contributed by atoms with van der Waals surface area (Å²) >= 11 is 7.25. The van der Waals surface area contributed by atoms with Crippen molar-refractivity contribution in [3.63, 3.8) is 0 Å². The first-order valence-corrected chi connectivity index (χ1v) is 5.87. The van der Waals surface area contributed by atoms with Crippen molar-refractivity contribution >= 4 is 22.9 Å². The van der Waals surface area contributed by atoms with E-state index in [9.17, 15) is 4.39 Å². The Hall–Kier alpha value is -0.930. The summed E-state index contributed by atoms with van der Waals surface area (Å²) in [6.45, 7) is 0. The SMILES string of the molecule is Fc1cccc(Cc2ncc(CCl)s2)c1. The van der Waals surface area contributed by atoms with Crippen molar-refractivity contribution < 1.29 is 4.39 Å². The second kappa shape index (κ2) is 4.73. The molecule has 1 heterocycles. The molecule has 4 heteroatoms. The van der Waals surface area contributed by atoms with E-state index in [2.05, 4.69) is 4.98 Å². The van der Waals surface area contributed by atoms with E-state index in [0.717, 1.165) is 15.4 Å². The maximum Gasteiger partial charge on any atom is 0.123 e. The Morgan fingerprint density at radius 2 is 2.27 bits per heavy atom. The molecule has 0 fully saturated rings. The average Bonchev–Trinajstić information content (AvgIpc) is 2.65. The van der Waals surface area contributed by atoms with Gasteiger partial charge in [-0.1, -0.05) is 12.1 Å². The Balaban J connectivity index is 2.14. The third-order valence-corrected chi connectivity index (χ3v) is 3.42. The van der Waals surface area contributed by atoms with Gasteiger partial charge in [0.1, 0.15) is 5.82 Å². The minimum atomic E-state index is -0.207. The zero-order valence-electron chi connectivity index (χ0n) is 7.91. The molecule has 1 aromatic heterocycles. The number of thiazole rings is 1. The highest BCUT2D eigenvalue weighted by atomic mass is 35.5. The number of hydrogen-bond acceptors (Lipinski definition) is 2. The fourth-order valence-corrected chi connectivity index (χ4v) is 2.35. The van der Waals surface area contributed by atoms with Gasteiger partial charge in [-0.3, -0.25) is 0 Å². The van der Waals surface area contributed by atoms with Gasteiger partial charge in [0.05, 0.1) is 10.9 Å². The van der Waals surface area contributed by atoms with Gasteiger partial charge in [-0.2, -0.15) is 0 Å². The largest absolute Gasteiger partial charge is 0.249 e. The van der Waals surface area contributed by atoms with Crippen LogP contribution in [-0.4, -0.2) is 4.98 Å². The second-order valence-corrected chi connectivity index (χ2v) is 4.63. The van der Waals surface area contributed by atoms with Crippen molar-refractivity contribution in [2.45, 2.75) is 12.3 Å². The standard InChI is InChI=1S/C11H9ClFNS/c12-6-10-7-14-11(15-10)5-8-2-1-3-9(13)4-8/h1-4,7H,5-6H2. The third kappa shape index (κ3) is 2.76. The Kier molecular flexibility index (Phi) is 3.34. The number of aromatic nitrogens is 1. The molecule has 15 heavy (non-hydrogen) atoms. The molecule has 78 valence electrons. The van der Waals surface area contributed by atoms with Gasteiger partial charge in [0.25, 0.3) is 0 Å². The van der Waals surface area contributed by atoms with Gasteiger partial charge in [-0.05, 0) is 17.7 Å². The van der Waals surface area contributed by atoms with E-state index in [0.29, 0.717) is 12.3 Å². The maximum atomic E-state index is 12.9. The molecule has 0 atom stereocenters. The van der Waals surface area contributed by atoms with Crippen molar-refractivity contribution in [2.75, 3.05) is 0 Å². The Morgan fingerprint density at radius 1 is 1.40 bits per heavy atom. The summed E-state index contributed by atoms with van der Waals surface area (Å²) in [5, 5.41) is 0.969. The lowest BCUT2D eigenvalue weighted by atomic mass is 10.1. The Morgan fingerprint density at radius 3 is 2.93 bits per heavy atom. The quantitative estimate of drug-likeness (QED) is 0.748. The van der Waals surface area contributed by atoms with Gasteiger partial charge in [0.15, 0.2) is 0 Å². The van der Waals surface area contributed by atoms with Crippen LogP contribution in [0.1, 0.15) is 15.4 Å². The van der Waals surface area contributed by atoms with Crippen LogP contribution in [0.25, 0.3) is 0 Å². The fraction of sp³-hybridized carbons (Fsp3) is 0.182.